The molecule has 0 spiro atoms. The van der Waals surface area contributed by atoms with Crippen molar-refractivity contribution in [3.63, 3.8) is 0 Å². The van der Waals surface area contributed by atoms with Crippen molar-refractivity contribution in [2.45, 2.75) is 19.9 Å². The van der Waals surface area contributed by atoms with Crippen LogP contribution in [0.4, 0.5) is 16.2 Å². The Morgan fingerprint density at radius 3 is 2.17 bits per heavy atom. The second-order valence-electron chi connectivity index (χ2n) is 5.28. The van der Waals surface area contributed by atoms with E-state index in [4.69, 9.17) is 0 Å². The first-order chi connectivity index (χ1) is 10.9. The second-order valence-corrected chi connectivity index (χ2v) is 6.20. The lowest BCUT2D eigenvalue weighted by Gasteiger charge is -2.13. The summed E-state index contributed by atoms with van der Waals surface area (Å²) < 4.78 is 2.77. The van der Waals surface area contributed by atoms with E-state index in [1.54, 1.807) is 37.4 Å². The molecule has 0 atom stereocenters. The van der Waals surface area contributed by atoms with Gasteiger partial charge in [0.2, 0.25) is 0 Å². The maximum Gasteiger partial charge on any atom is 0.318 e. The summed E-state index contributed by atoms with van der Waals surface area (Å²) in [6, 6.07) is 8.60. The predicted octanol–water partition coefficient (Wildman–Crippen LogP) is 3.84. The molecule has 122 valence electrons. The number of carbonyl (C=O) groups is 2. The van der Waals surface area contributed by atoms with E-state index in [0.717, 1.165) is 4.47 Å². The topological polar surface area (TPSA) is 75.2 Å². The maximum atomic E-state index is 12.4. The van der Waals surface area contributed by atoms with Gasteiger partial charge in [0.1, 0.15) is 5.69 Å². The van der Waals surface area contributed by atoms with Crippen molar-refractivity contribution < 1.29 is 9.59 Å². The molecule has 3 amide bonds. The molecule has 0 radical (unpaired) electrons. The lowest BCUT2D eigenvalue weighted by Crippen LogP contribution is -2.24. The largest absolute Gasteiger partial charge is 0.341 e. The van der Waals surface area contributed by atoms with E-state index in [1.807, 2.05) is 24.6 Å². The van der Waals surface area contributed by atoms with Gasteiger partial charge in [-0.1, -0.05) is 0 Å². The number of hydrogen-bond acceptors (Lipinski definition) is 2. The Morgan fingerprint density at radius 1 is 1.09 bits per heavy atom. The Balaban J connectivity index is 2.10. The molecular weight excluding hydrogens is 360 g/mol. The summed E-state index contributed by atoms with van der Waals surface area (Å²) in [7, 11) is 1.55. The average Bonchev–Trinajstić information content (AvgIpc) is 2.91. The van der Waals surface area contributed by atoms with Crippen molar-refractivity contribution in [3.8, 4) is 0 Å². The Labute approximate surface area is 143 Å². The van der Waals surface area contributed by atoms with Crippen LogP contribution in [0, 0.1) is 0 Å². The van der Waals surface area contributed by atoms with Crippen LogP contribution in [0.15, 0.2) is 41.0 Å². The van der Waals surface area contributed by atoms with Crippen LogP contribution in [-0.4, -0.2) is 23.6 Å². The molecule has 0 fully saturated rings. The lowest BCUT2D eigenvalue weighted by molar-refractivity contribution is 0.101. The number of benzene rings is 1. The molecule has 2 aromatic rings. The minimum absolute atomic E-state index is 0.182. The number of carbonyl (C=O) groups excluding carboxylic acids is 2. The van der Waals surface area contributed by atoms with E-state index in [0.29, 0.717) is 17.1 Å². The molecule has 0 bridgehead atoms. The molecule has 0 saturated heterocycles. The highest BCUT2D eigenvalue weighted by molar-refractivity contribution is 9.10. The zero-order valence-corrected chi connectivity index (χ0v) is 14.8. The number of aromatic nitrogens is 1. The summed E-state index contributed by atoms with van der Waals surface area (Å²) >= 11 is 3.40. The van der Waals surface area contributed by atoms with Gasteiger partial charge in [0.15, 0.2) is 0 Å². The molecule has 6 nitrogen and oxygen atoms in total. The summed E-state index contributed by atoms with van der Waals surface area (Å²) in [4.78, 5) is 23.7. The first-order valence-corrected chi connectivity index (χ1v) is 7.97. The van der Waals surface area contributed by atoms with E-state index < -0.39 is 0 Å². The number of nitrogens with zero attached hydrogens (tertiary/aromatic N) is 1. The van der Waals surface area contributed by atoms with Gasteiger partial charge in [0.25, 0.3) is 5.91 Å². The highest BCUT2D eigenvalue weighted by atomic mass is 79.9. The predicted molar refractivity (Wildman–Crippen MR) is 95.0 cm³/mol. The zero-order valence-electron chi connectivity index (χ0n) is 13.2. The van der Waals surface area contributed by atoms with E-state index in [9.17, 15) is 9.59 Å². The van der Waals surface area contributed by atoms with Crippen LogP contribution in [0.25, 0.3) is 0 Å². The van der Waals surface area contributed by atoms with Crippen molar-refractivity contribution in [1.29, 1.82) is 0 Å². The summed E-state index contributed by atoms with van der Waals surface area (Å²) in [6.45, 7) is 4.03. The first-order valence-electron chi connectivity index (χ1n) is 7.18. The van der Waals surface area contributed by atoms with Crippen LogP contribution in [0.5, 0.6) is 0 Å². The molecule has 3 N–H and O–H groups in total. The van der Waals surface area contributed by atoms with Gasteiger partial charge in [-0.25, -0.2) is 4.79 Å². The van der Waals surface area contributed by atoms with Crippen LogP contribution >= 0.6 is 15.9 Å². The van der Waals surface area contributed by atoms with Gasteiger partial charge >= 0.3 is 6.03 Å². The van der Waals surface area contributed by atoms with Crippen LogP contribution in [0.2, 0.25) is 0 Å². The molecule has 0 unspecified atom stereocenters. The van der Waals surface area contributed by atoms with Gasteiger partial charge in [-0.3, -0.25) is 4.79 Å². The molecule has 0 saturated carbocycles. The Morgan fingerprint density at radius 2 is 1.65 bits per heavy atom. The highest BCUT2D eigenvalue weighted by Gasteiger charge is 2.15. The third kappa shape index (κ3) is 4.35. The zero-order chi connectivity index (χ0) is 17.0. The summed E-state index contributed by atoms with van der Waals surface area (Å²) in [5.74, 6) is -0.184. The van der Waals surface area contributed by atoms with Crippen LogP contribution in [0.1, 0.15) is 30.4 Å². The Kier molecular flexibility index (Phi) is 5.44. The maximum absolute atomic E-state index is 12.4. The van der Waals surface area contributed by atoms with Crippen LogP contribution < -0.4 is 16.0 Å². The summed E-state index contributed by atoms with van der Waals surface area (Å²) in [6.07, 6.45) is 1.88. The van der Waals surface area contributed by atoms with Gasteiger partial charge in [-0.05, 0) is 60.1 Å². The fourth-order valence-electron chi connectivity index (χ4n) is 2.08. The van der Waals surface area contributed by atoms with Gasteiger partial charge in [0.05, 0.1) is 0 Å². The number of hydrogen-bond donors (Lipinski definition) is 3. The number of amides is 3. The molecule has 2 rings (SSSR count). The van der Waals surface area contributed by atoms with E-state index in [2.05, 4.69) is 31.9 Å². The van der Waals surface area contributed by atoms with Crippen LogP contribution in [-0.2, 0) is 0 Å². The van der Waals surface area contributed by atoms with Gasteiger partial charge in [-0.15, -0.1) is 0 Å². The Bertz CT molecular complexity index is 707. The third-order valence-electron chi connectivity index (χ3n) is 3.23. The molecule has 7 heteroatoms. The molecular formula is C16H19BrN4O2. The van der Waals surface area contributed by atoms with Crippen molar-refractivity contribution in [1.82, 2.24) is 9.88 Å². The van der Waals surface area contributed by atoms with Crippen molar-refractivity contribution >= 4 is 39.2 Å². The number of rotatable bonds is 4. The van der Waals surface area contributed by atoms with E-state index >= 15 is 0 Å². The minimum atomic E-state index is -0.290. The van der Waals surface area contributed by atoms with Crippen molar-refractivity contribution in [2.75, 3.05) is 17.7 Å². The van der Waals surface area contributed by atoms with Gasteiger partial charge in [-0.2, -0.15) is 0 Å². The molecule has 1 aromatic carbocycles. The number of anilines is 2. The SMILES string of the molecule is CNC(=O)Nc1ccc(NC(=O)c2cc(Br)cn2C(C)C)cc1. The number of halogens is 1. The number of nitrogens with one attached hydrogen (secondary N) is 3. The standard InChI is InChI=1S/C16H19BrN4O2/c1-10(2)21-9-11(17)8-14(21)15(22)19-12-4-6-13(7-5-12)20-16(23)18-3/h4-10H,1-3H3,(H,19,22)(H2,18,20,23). The molecule has 1 heterocycles. The summed E-state index contributed by atoms with van der Waals surface area (Å²) in [5.41, 5.74) is 1.89. The third-order valence-corrected chi connectivity index (χ3v) is 3.67. The van der Waals surface area contributed by atoms with Gasteiger partial charge < -0.3 is 20.5 Å². The molecule has 23 heavy (non-hydrogen) atoms. The average molecular weight is 379 g/mol. The highest BCUT2D eigenvalue weighted by Crippen LogP contribution is 2.21. The van der Waals surface area contributed by atoms with Crippen molar-refractivity contribution in [3.05, 3.63) is 46.7 Å². The minimum Gasteiger partial charge on any atom is -0.341 e. The lowest BCUT2D eigenvalue weighted by atomic mass is 10.2. The van der Waals surface area contributed by atoms with E-state index in [1.165, 1.54) is 0 Å². The normalized spacial score (nSPS) is 10.5. The molecule has 0 aliphatic heterocycles. The monoisotopic (exact) mass is 378 g/mol. The first kappa shape index (κ1) is 17.1. The van der Waals surface area contributed by atoms with E-state index in [-0.39, 0.29) is 18.0 Å². The fraction of sp³-hybridized carbons (Fsp3) is 0.250. The Hall–Kier alpha value is -2.28. The molecule has 0 aliphatic rings. The number of urea groups is 1. The molecule has 1 aromatic heterocycles. The summed E-state index contributed by atoms with van der Waals surface area (Å²) in [5, 5.41) is 7.98. The fourth-order valence-corrected chi connectivity index (χ4v) is 2.52. The second kappa shape index (κ2) is 7.32. The van der Waals surface area contributed by atoms with Crippen LogP contribution in [0.3, 0.4) is 0 Å². The quantitative estimate of drug-likeness (QED) is 0.755. The smallest absolute Gasteiger partial charge is 0.318 e. The van der Waals surface area contributed by atoms with Crippen molar-refractivity contribution in [2.24, 2.45) is 0 Å². The molecule has 0 aliphatic carbocycles. The van der Waals surface area contributed by atoms with Gasteiger partial charge in [0, 0.05) is 35.1 Å².